The number of carbonyl (C=O) groups is 1. The average Bonchev–Trinajstić information content (AvgIpc) is 2.38. The fourth-order valence-corrected chi connectivity index (χ4v) is 2.08. The van der Waals surface area contributed by atoms with E-state index < -0.39 is 5.97 Å². The number of carboxylic acids is 1. The molecule has 1 N–H and O–H groups in total. The summed E-state index contributed by atoms with van der Waals surface area (Å²) in [5, 5.41) is 8.60. The molecule has 0 heterocycles. The van der Waals surface area contributed by atoms with Crippen LogP contribution >= 0.6 is 0 Å². The van der Waals surface area contributed by atoms with Crippen LogP contribution < -0.4 is 0 Å². The van der Waals surface area contributed by atoms with E-state index in [-0.39, 0.29) is 6.42 Å². The molecule has 0 saturated carbocycles. The molecule has 3 nitrogen and oxygen atoms in total. The van der Waals surface area contributed by atoms with Gasteiger partial charge in [0, 0.05) is 13.0 Å². The molecule has 0 aliphatic carbocycles. The van der Waals surface area contributed by atoms with Crippen molar-refractivity contribution in [3.05, 3.63) is 35.4 Å². The normalized spacial score (nSPS) is 12.6. The fraction of sp³-hybridized carbons (Fsp3) is 0.562. The Bertz CT molecular complexity index is 386. The molecule has 3 heteroatoms. The zero-order valence-corrected chi connectivity index (χ0v) is 12.2. The first-order valence-corrected chi connectivity index (χ1v) is 7.02. The molecular formula is C16H25NO2. The van der Waals surface area contributed by atoms with Crippen LogP contribution in [0, 0.1) is 0 Å². The summed E-state index contributed by atoms with van der Waals surface area (Å²) in [5.74, 6) is -0.103. The Morgan fingerprint density at radius 1 is 1.32 bits per heavy atom. The van der Waals surface area contributed by atoms with Gasteiger partial charge >= 0.3 is 5.97 Å². The van der Waals surface area contributed by atoms with Crippen molar-refractivity contribution in [3.63, 3.8) is 0 Å². The van der Waals surface area contributed by atoms with Gasteiger partial charge in [0.2, 0.25) is 0 Å². The molecule has 0 saturated heterocycles. The zero-order valence-electron chi connectivity index (χ0n) is 12.2. The van der Waals surface area contributed by atoms with E-state index in [1.165, 1.54) is 11.1 Å². The summed E-state index contributed by atoms with van der Waals surface area (Å²) in [4.78, 5) is 12.6. The molecule has 1 aromatic rings. The molecular weight excluding hydrogens is 238 g/mol. The third kappa shape index (κ3) is 5.88. The average molecular weight is 263 g/mol. The van der Waals surface area contributed by atoms with Gasteiger partial charge in [-0.1, -0.05) is 38.1 Å². The summed E-state index contributed by atoms with van der Waals surface area (Å²) < 4.78 is 0. The van der Waals surface area contributed by atoms with Gasteiger partial charge in [0.25, 0.3) is 0 Å². The molecule has 1 rings (SSSR count). The minimum atomic E-state index is -0.716. The predicted octanol–water partition coefficient (Wildman–Crippen LogP) is 3.50. The number of hydrogen-bond donors (Lipinski definition) is 1. The third-order valence-electron chi connectivity index (χ3n) is 3.54. The van der Waals surface area contributed by atoms with Gasteiger partial charge in [0.15, 0.2) is 0 Å². The van der Waals surface area contributed by atoms with Crippen LogP contribution in [0.25, 0.3) is 0 Å². The minimum absolute atomic E-state index is 0.247. The van der Waals surface area contributed by atoms with Crippen molar-refractivity contribution in [1.29, 1.82) is 0 Å². The molecule has 0 aromatic heterocycles. The van der Waals surface area contributed by atoms with Crippen molar-refractivity contribution in [2.45, 2.75) is 45.6 Å². The summed E-state index contributed by atoms with van der Waals surface area (Å²) in [6, 6.07) is 8.76. The lowest BCUT2D eigenvalue weighted by Gasteiger charge is -2.17. The molecule has 0 amide bonds. The van der Waals surface area contributed by atoms with Crippen molar-refractivity contribution in [1.82, 2.24) is 4.90 Å². The Balaban J connectivity index is 2.42. The van der Waals surface area contributed by atoms with Crippen LogP contribution in [-0.4, -0.2) is 29.6 Å². The highest BCUT2D eigenvalue weighted by molar-refractivity contribution is 5.66. The summed E-state index contributed by atoms with van der Waals surface area (Å²) in [7, 11) is 2.03. The van der Waals surface area contributed by atoms with Gasteiger partial charge in [-0.05, 0) is 43.5 Å². The smallest absolute Gasteiger partial charge is 0.303 e. The van der Waals surface area contributed by atoms with Crippen LogP contribution in [0.5, 0.6) is 0 Å². The molecule has 1 atom stereocenters. The first kappa shape index (κ1) is 15.7. The third-order valence-corrected chi connectivity index (χ3v) is 3.54. The highest BCUT2D eigenvalue weighted by Crippen LogP contribution is 2.19. The van der Waals surface area contributed by atoms with Crippen LogP contribution in [0.3, 0.4) is 0 Å². The first-order valence-electron chi connectivity index (χ1n) is 7.02. The SMILES string of the molecule is CCC(C)c1ccc(CN(C)CCCC(=O)O)cc1. The maximum absolute atomic E-state index is 10.5. The van der Waals surface area contributed by atoms with Crippen LogP contribution in [0.4, 0.5) is 0 Å². The number of hydrogen-bond acceptors (Lipinski definition) is 2. The molecule has 106 valence electrons. The van der Waals surface area contributed by atoms with Gasteiger partial charge in [-0.3, -0.25) is 4.79 Å². The topological polar surface area (TPSA) is 40.5 Å². The van der Waals surface area contributed by atoms with E-state index in [2.05, 4.69) is 43.0 Å². The summed E-state index contributed by atoms with van der Waals surface area (Å²) in [5.41, 5.74) is 2.67. The number of benzene rings is 1. The largest absolute Gasteiger partial charge is 0.481 e. The van der Waals surface area contributed by atoms with Crippen LogP contribution in [0.15, 0.2) is 24.3 Å². The van der Waals surface area contributed by atoms with Gasteiger partial charge in [0.05, 0.1) is 0 Å². The van der Waals surface area contributed by atoms with E-state index in [9.17, 15) is 4.79 Å². The Labute approximate surface area is 116 Å². The molecule has 0 spiro atoms. The maximum atomic E-state index is 10.5. The molecule has 19 heavy (non-hydrogen) atoms. The van der Waals surface area contributed by atoms with Gasteiger partial charge in [-0.25, -0.2) is 0 Å². The quantitative estimate of drug-likeness (QED) is 0.780. The summed E-state index contributed by atoms with van der Waals surface area (Å²) in [6.07, 6.45) is 2.11. The van der Waals surface area contributed by atoms with Crippen molar-refractivity contribution in [3.8, 4) is 0 Å². The lowest BCUT2D eigenvalue weighted by molar-refractivity contribution is -0.137. The standard InChI is InChI=1S/C16H25NO2/c1-4-13(2)15-9-7-14(8-10-15)12-17(3)11-5-6-16(18)19/h7-10,13H,4-6,11-12H2,1-3H3,(H,18,19). The van der Waals surface area contributed by atoms with Gasteiger partial charge < -0.3 is 10.0 Å². The van der Waals surface area contributed by atoms with E-state index in [1.54, 1.807) is 0 Å². The lowest BCUT2D eigenvalue weighted by atomic mass is 9.97. The minimum Gasteiger partial charge on any atom is -0.481 e. The van der Waals surface area contributed by atoms with Gasteiger partial charge in [-0.2, -0.15) is 0 Å². The summed E-state index contributed by atoms with van der Waals surface area (Å²) >= 11 is 0. The first-order chi connectivity index (χ1) is 9.02. The second-order valence-electron chi connectivity index (χ2n) is 5.29. The maximum Gasteiger partial charge on any atom is 0.303 e. The van der Waals surface area contributed by atoms with E-state index in [4.69, 9.17) is 5.11 Å². The monoisotopic (exact) mass is 263 g/mol. The van der Waals surface area contributed by atoms with Crippen LogP contribution in [0.1, 0.15) is 50.2 Å². The molecule has 1 unspecified atom stereocenters. The Hall–Kier alpha value is -1.35. The Kier molecular flexibility index (Phi) is 6.57. The van der Waals surface area contributed by atoms with E-state index >= 15 is 0 Å². The van der Waals surface area contributed by atoms with Crippen molar-refractivity contribution in [2.24, 2.45) is 0 Å². The van der Waals surface area contributed by atoms with E-state index in [0.717, 1.165) is 19.5 Å². The van der Waals surface area contributed by atoms with Gasteiger partial charge in [-0.15, -0.1) is 0 Å². The Morgan fingerprint density at radius 2 is 1.95 bits per heavy atom. The number of carboxylic acid groups (broad SMARTS) is 1. The van der Waals surface area contributed by atoms with Crippen molar-refractivity contribution < 1.29 is 9.90 Å². The molecule has 0 aliphatic rings. The number of nitrogens with zero attached hydrogens (tertiary/aromatic N) is 1. The lowest BCUT2D eigenvalue weighted by Crippen LogP contribution is -2.19. The number of aliphatic carboxylic acids is 1. The summed E-state index contributed by atoms with van der Waals surface area (Å²) in [6.45, 7) is 6.14. The van der Waals surface area contributed by atoms with Crippen LogP contribution in [0.2, 0.25) is 0 Å². The molecule has 0 aliphatic heterocycles. The predicted molar refractivity (Wildman–Crippen MR) is 78.4 cm³/mol. The highest BCUT2D eigenvalue weighted by atomic mass is 16.4. The van der Waals surface area contributed by atoms with Crippen molar-refractivity contribution >= 4 is 5.97 Å². The second kappa shape index (κ2) is 7.95. The van der Waals surface area contributed by atoms with Gasteiger partial charge in [0.1, 0.15) is 0 Å². The fourth-order valence-electron chi connectivity index (χ4n) is 2.08. The molecule has 1 aromatic carbocycles. The van der Waals surface area contributed by atoms with E-state index in [1.807, 2.05) is 7.05 Å². The highest BCUT2D eigenvalue weighted by Gasteiger charge is 2.05. The number of rotatable bonds is 8. The van der Waals surface area contributed by atoms with Crippen LogP contribution in [-0.2, 0) is 11.3 Å². The Morgan fingerprint density at radius 3 is 2.47 bits per heavy atom. The molecule has 0 radical (unpaired) electrons. The zero-order chi connectivity index (χ0) is 14.3. The molecule has 0 fully saturated rings. The molecule has 0 bridgehead atoms. The van der Waals surface area contributed by atoms with Crippen molar-refractivity contribution in [2.75, 3.05) is 13.6 Å². The second-order valence-corrected chi connectivity index (χ2v) is 5.29. The van der Waals surface area contributed by atoms with E-state index in [0.29, 0.717) is 12.3 Å².